The lowest BCUT2D eigenvalue weighted by molar-refractivity contribution is -0.121. The molecule has 0 aliphatic heterocycles. The molecule has 0 unspecified atom stereocenters. The molecule has 0 saturated carbocycles. The average Bonchev–Trinajstić information content (AvgIpc) is 2.48. The van der Waals surface area contributed by atoms with E-state index in [-0.39, 0.29) is 23.7 Å². The van der Waals surface area contributed by atoms with Crippen molar-refractivity contribution < 1.29 is 9.18 Å². The van der Waals surface area contributed by atoms with Crippen molar-refractivity contribution in [1.29, 1.82) is 0 Å². The van der Waals surface area contributed by atoms with E-state index in [0.29, 0.717) is 6.42 Å². The van der Waals surface area contributed by atoms with Crippen LogP contribution < -0.4 is 5.32 Å². The number of hydrogen-bond acceptors (Lipinski definition) is 1. The maximum atomic E-state index is 13.0. The predicted molar refractivity (Wildman–Crippen MR) is 87.0 cm³/mol. The molecule has 0 bridgehead atoms. The zero-order valence-corrected chi connectivity index (χ0v) is 13.3. The number of rotatable bonds is 5. The Bertz CT molecular complexity index is 617. The van der Waals surface area contributed by atoms with Crippen molar-refractivity contribution in [3.63, 3.8) is 0 Å². The molecule has 2 aromatic carbocycles. The highest BCUT2D eigenvalue weighted by Crippen LogP contribution is 2.22. The molecule has 0 saturated heterocycles. The first-order chi connectivity index (χ1) is 10.5. The van der Waals surface area contributed by atoms with Crippen LogP contribution in [-0.4, -0.2) is 5.91 Å². The number of carbonyl (C=O) groups is 1. The fourth-order valence-corrected chi connectivity index (χ4v) is 2.42. The first-order valence-corrected chi connectivity index (χ1v) is 7.56. The second-order valence-corrected chi connectivity index (χ2v) is 6.00. The Labute approximate surface area is 131 Å². The number of halogens is 1. The lowest BCUT2D eigenvalue weighted by Gasteiger charge is -2.23. The standard InChI is InChI=1S/C19H22FNO/c1-13(2)19(16-8-10-17(20)11-9-16)21-18(22)12-15-6-4-14(3)5-7-15/h4-11,13,19H,12H2,1-3H3,(H,21,22)/t19-/m0/s1. The molecule has 1 N–H and O–H groups in total. The summed E-state index contributed by atoms with van der Waals surface area (Å²) in [6.45, 7) is 6.10. The summed E-state index contributed by atoms with van der Waals surface area (Å²) < 4.78 is 13.0. The van der Waals surface area contributed by atoms with Crippen LogP contribution in [0.25, 0.3) is 0 Å². The summed E-state index contributed by atoms with van der Waals surface area (Å²) in [6.07, 6.45) is 0.352. The van der Waals surface area contributed by atoms with Gasteiger partial charge < -0.3 is 5.32 Å². The third-order valence-corrected chi connectivity index (χ3v) is 3.70. The number of aryl methyl sites for hydroxylation is 1. The molecule has 0 aliphatic carbocycles. The number of amides is 1. The molecular formula is C19H22FNO. The van der Waals surface area contributed by atoms with Crippen molar-refractivity contribution in [3.8, 4) is 0 Å². The second kappa shape index (κ2) is 7.21. The van der Waals surface area contributed by atoms with E-state index in [4.69, 9.17) is 0 Å². The highest BCUT2D eigenvalue weighted by Gasteiger charge is 2.18. The predicted octanol–water partition coefficient (Wildman–Crippen LogP) is 4.19. The van der Waals surface area contributed by atoms with Gasteiger partial charge in [0.2, 0.25) is 5.91 Å². The second-order valence-electron chi connectivity index (χ2n) is 6.00. The van der Waals surface area contributed by atoms with Gasteiger partial charge in [-0.25, -0.2) is 4.39 Å². The minimum absolute atomic E-state index is 0.0214. The summed E-state index contributed by atoms with van der Waals surface area (Å²) >= 11 is 0. The zero-order chi connectivity index (χ0) is 16.1. The number of nitrogens with one attached hydrogen (secondary N) is 1. The van der Waals surface area contributed by atoms with E-state index in [1.807, 2.05) is 45.0 Å². The van der Waals surface area contributed by atoms with Crippen LogP contribution in [0, 0.1) is 18.7 Å². The monoisotopic (exact) mass is 299 g/mol. The van der Waals surface area contributed by atoms with Crippen molar-refractivity contribution in [1.82, 2.24) is 5.32 Å². The van der Waals surface area contributed by atoms with Crippen LogP contribution in [-0.2, 0) is 11.2 Å². The molecule has 0 spiro atoms. The van der Waals surface area contributed by atoms with E-state index < -0.39 is 0 Å². The molecule has 3 heteroatoms. The van der Waals surface area contributed by atoms with E-state index in [0.717, 1.165) is 11.1 Å². The van der Waals surface area contributed by atoms with E-state index in [9.17, 15) is 9.18 Å². The first-order valence-electron chi connectivity index (χ1n) is 7.56. The van der Waals surface area contributed by atoms with Crippen LogP contribution in [0.2, 0.25) is 0 Å². The van der Waals surface area contributed by atoms with E-state index >= 15 is 0 Å². The van der Waals surface area contributed by atoms with Gasteiger partial charge in [-0.3, -0.25) is 4.79 Å². The van der Waals surface area contributed by atoms with Gasteiger partial charge in [0.25, 0.3) is 0 Å². The SMILES string of the molecule is Cc1ccc(CC(=O)N[C@H](c2ccc(F)cc2)C(C)C)cc1. The van der Waals surface area contributed by atoms with Crippen LogP contribution >= 0.6 is 0 Å². The highest BCUT2D eigenvalue weighted by molar-refractivity contribution is 5.79. The zero-order valence-electron chi connectivity index (χ0n) is 13.3. The number of carbonyl (C=O) groups excluding carboxylic acids is 1. The Hall–Kier alpha value is -2.16. The van der Waals surface area contributed by atoms with Gasteiger partial charge in [0, 0.05) is 0 Å². The lowest BCUT2D eigenvalue weighted by atomic mass is 9.95. The Kier molecular flexibility index (Phi) is 5.31. The van der Waals surface area contributed by atoms with Crippen molar-refractivity contribution in [2.24, 2.45) is 5.92 Å². The minimum Gasteiger partial charge on any atom is -0.349 e. The Morgan fingerprint density at radius 3 is 2.18 bits per heavy atom. The molecule has 0 aliphatic rings. The Morgan fingerprint density at radius 1 is 1.05 bits per heavy atom. The van der Waals surface area contributed by atoms with Crippen LogP contribution in [0.3, 0.4) is 0 Å². The van der Waals surface area contributed by atoms with Gasteiger partial charge in [0.15, 0.2) is 0 Å². The average molecular weight is 299 g/mol. The molecule has 0 radical (unpaired) electrons. The quantitative estimate of drug-likeness (QED) is 0.881. The Balaban J connectivity index is 2.05. The largest absolute Gasteiger partial charge is 0.349 e. The summed E-state index contributed by atoms with van der Waals surface area (Å²) in [5.41, 5.74) is 3.09. The number of benzene rings is 2. The smallest absolute Gasteiger partial charge is 0.224 e. The van der Waals surface area contributed by atoms with Crippen molar-refractivity contribution in [2.45, 2.75) is 33.2 Å². The lowest BCUT2D eigenvalue weighted by Crippen LogP contribution is -2.32. The van der Waals surface area contributed by atoms with Gasteiger partial charge in [-0.05, 0) is 36.1 Å². The summed E-state index contributed by atoms with van der Waals surface area (Å²) in [4.78, 5) is 12.3. The molecule has 22 heavy (non-hydrogen) atoms. The summed E-state index contributed by atoms with van der Waals surface area (Å²) in [5.74, 6) is -0.0588. The molecule has 2 aromatic rings. The fourth-order valence-electron chi connectivity index (χ4n) is 2.42. The third-order valence-electron chi connectivity index (χ3n) is 3.70. The fraction of sp³-hybridized carbons (Fsp3) is 0.316. The van der Waals surface area contributed by atoms with Crippen molar-refractivity contribution in [3.05, 3.63) is 71.0 Å². The summed E-state index contributed by atoms with van der Waals surface area (Å²) in [5, 5.41) is 3.05. The molecule has 0 aromatic heterocycles. The van der Waals surface area contributed by atoms with Gasteiger partial charge in [0.05, 0.1) is 12.5 Å². The highest BCUT2D eigenvalue weighted by atomic mass is 19.1. The molecule has 1 atom stereocenters. The third kappa shape index (κ3) is 4.42. The van der Waals surface area contributed by atoms with Crippen LogP contribution in [0.15, 0.2) is 48.5 Å². The van der Waals surface area contributed by atoms with Crippen LogP contribution in [0.5, 0.6) is 0 Å². The normalized spacial score (nSPS) is 12.2. The summed E-state index contributed by atoms with van der Waals surface area (Å²) in [6, 6.07) is 14.1. The molecule has 1 amide bonds. The maximum absolute atomic E-state index is 13.0. The number of hydrogen-bond donors (Lipinski definition) is 1. The molecule has 116 valence electrons. The first kappa shape index (κ1) is 16.2. The van der Waals surface area contributed by atoms with Crippen molar-refractivity contribution in [2.75, 3.05) is 0 Å². The molecule has 0 heterocycles. The van der Waals surface area contributed by atoms with Gasteiger partial charge in [-0.1, -0.05) is 55.8 Å². The minimum atomic E-state index is -0.266. The van der Waals surface area contributed by atoms with Crippen LogP contribution in [0.1, 0.15) is 36.6 Å². The topological polar surface area (TPSA) is 29.1 Å². The van der Waals surface area contributed by atoms with Crippen LogP contribution in [0.4, 0.5) is 4.39 Å². The molecule has 2 nitrogen and oxygen atoms in total. The van der Waals surface area contributed by atoms with E-state index in [2.05, 4.69) is 5.32 Å². The van der Waals surface area contributed by atoms with Gasteiger partial charge >= 0.3 is 0 Å². The van der Waals surface area contributed by atoms with E-state index in [1.165, 1.54) is 17.7 Å². The van der Waals surface area contributed by atoms with Gasteiger partial charge in [-0.2, -0.15) is 0 Å². The van der Waals surface area contributed by atoms with Crippen molar-refractivity contribution >= 4 is 5.91 Å². The Morgan fingerprint density at radius 2 is 1.64 bits per heavy atom. The molecular weight excluding hydrogens is 277 g/mol. The summed E-state index contributed by atoms with van der Waals surface area (Å²) in [7, 11) is 0. The molecule has 0 fully saturated rings. The molecule has 2 rings (SSSR count). The van der Waals surface area contributed by atoms with Gasteiger partial charge in [-0.15, -0.1) is 0 Å². The maximum Gasteiger partial charge on any atom is 0.224 e. The van der Waals surface area contributed by atoms with Gasteiger partial charge in [0.1, 0.15) is 5.82 Å². The van der Waals surface area contributed by atoms with E-state index in [1.54, 1.807) is 12.1 Å².